The summed E-state index contributed by atoms with van der Waals surface area (Å²) < 4.78 is 5.75. The van der Waals surface area contributed by atoms with E-state index in [1.807, 2.05) is 24.3 Å². The SMILES string of the molecule is CN1CCCc2cc(-c3ccc4cc(OC(C)(C)C=O)ccc4n3)ccc21. The van der Waals surface area contributed by atoms with E-state index in [9.17, 15) is 4.79 Å². The van der Waals surface area contributed by atoms with Crippen LogP contribution in [0.1, 0.15) is 25.8 Å². The van der Waals surface area contributed by atoms with E-state index in [0.717, 1.165) is 41.4 Å². The number of aryl methyl sites for hydroxylation is 1. The molecular weight excluding hydrogens is 336 g/mol. The van der Waals surface area contributed by atoms with E-state index in [0.29, 0.717) is 5.75 Å². The average Bonchev–Trinajstić information content (AvgIpc) is 2.67. The van der Waals surface area contributed by atoms with Gasteiger partial charge in [0.2, 0.25) is 0 Å². The molecule has 1 aliphatic rings. The quantitative estimate of drug-likeness (QED) is 0.636. The number of fused-ring (bicyclic) bond motifs is 2. The molecule has 0 fully saturated rings. The molecular formula is C23H24N2O2. The number of carbonyl (C=O) groups excluding carboxylic acids is 1. The first-order valence-corrected chi connectivity index (χ1v) is 9.36. The Hall–Kier alpha value is -2.88. The summed E-state index contributed by atoms with van der Waals surface area (Å²) in [5, 5.41) is 0.996. The number of benzene rings is 2. The topological polar surface area (TPSA) is 42.4 Å². The van der Waals surface area contributed by atoms with Crippen LogP contribution >= 0.6 is 0 Å². The number of nitrogens with zero attached hydrogens (tertiary/aromatic N) is 2. The highest BCUT2D eigenvalue weighted by atomic mass is 16.5. The molecule has 0 bridgehead atoms. The number of hydrogen-bond acceptors (Lipinski definition) is 4. The molecule has 0 atom stereocenters. The summed E-state index contributed by atoms with van der Waals surface area (Å²) in [4.78, 5) is 18.2. The van der Waals surface area contributed by atoms with E-state index >= 15 is 0 Å². The fraction of sp³-hybridized carbons (Fsp3) is 0.304. The second-order valence-corrected chi connectivity index (χ2v) is 7.74. The Morgan fingerprint density at radius 1 is 1.11 bits per heavy atom. The van der Waals surface area contributed by atoms with E-state index in [-0.39, 0.29) is 0 Å². The Morgan fingerprint density at radius 2 is 1.96 bits per heavy atom. The minimum atomic E-state index is -0.836. The number of hydrogen-bond donors (Lipinski definition) is 0. The van der Waals surface area contributed by atoms with Gasteiger partial charge in [-0.05, 0) is 68.7 Å². The minimum absolute atomic E-state index is 0.672. The highest BCUT2D eigenvalue weighted by Crippen LogP contribution is 2.31. The minimum Gasteiger partial charge on any atom is -0.480 e. The standard InChI is InChI=1S/C23H24N2O2/c1-23(2,15-26)27-19-8-10-21-17(14-19)6-9-20(24-21)16-7-11-22-18(13-16)5-4-12-25(22)3/h6-11,13-15H,4-5,12H2,1-3H3. The summed E-state index contributed by atoms with van der Waals surface area (Å²) in [6.07, 6.45) is 3.12. The van der Waals surface area contributed by atoms with Crippen LogP contribution in [0.2, 0.25) is 0 Å². The van der Waals surface area contributed by atoms with Crippen molar-refractivity contribution >= 4 is 22.9 Å². The summed E-state index contributed by atoms with van der Waals surface area (Å²) >= 11 is 0. The van der Waals surface area contributed by atoms with Crippen LogP contribution in [0.3, 0.4) is 0 Å². The van der Waals surface area contributed by atoms with Crippen molar-refractivity contribution in [2.45, 2.75) is 32.3 Å². The van der Waals surface area contributed by atoms with Crippen molar-refractivity contribution in [3.63, 3.8) is 0 Å². The number of rotatable bonds is 4. The Balaban J connectivity index is 1.67. The molecule has 0 unspecified atom stereocenters. The van der Waals surface area contributed by atoms with Crippen LogP contribution in [0.5, 0.6) is 5.75 Å². The van der Waals surface area contributed by atoms with Gasteiger partial charge in [0.15, 0.2) is 11.9 Å². The van der Waals surface area contributed by atoms with Crippen molar-refractivity contribution in [3.8, 4) is 17.0 Å². The van der Waals surface area contributed by atoms with Gasteiger partial charge >= 0.3 is 0 Å². The van der Waals surface area contributed by atoms with Crippen molar-refractivity contribution in [2.75, 3.05) is 18.5 Å². The predicted octanol–water partition coefficient (Wildman–Crippen LogP) is 4.64. The third-order valence-corrected chi connectivity index (χ3v) is 5.05. The Labute approximate surface area is 159 Å². The summed E-state index contributed by atoms with van der Waals surface area (Å²) in [5.74, 6) is 0.672. The zero-order valence-corrected chi connectivity index (χ0v) is 16.0. The fourth-order valence-electron chi connectivity index (χ4n) is 3.60. The van der Waals surface area contributed by atoms with Gasteiger partial charge in [0.1, 0.15) is 5.75 Å². The maximum atomic E-state index is 11.1. The molecule has 0 spiro atoms. The van der Waals surface area contributed by atoms with Gasteiger partial charge in [0, 0.05) is 30.2 Å². The lowest BCUT2D eigenvalue weighted by Crippen LogP contribution is -2.29. The molecule has 0 aliphatic carbocycles. The van der Waals surface area contributed by atoms with Gasteiger partial charge in [0.05, 0.1) is 11.2 Å². The van der Waals surface area contributed by atoms with Crippen LogP contribution in [0.25, 0.3) is 22.2 Å². The lowest BCUT2D eigenvalue weighted by molar-refractivity contribution is -0.118. The molecule has 4 heteroatoms. The fourth-order valence-corrected chi connectivity index (χ4v) is 3.60. The largest absolute Gasteiger partial charge is 0.480 e. The molecule has 0 saturated carbocycles. The highest BCUT2D eigenvalue weighted by Gasteiger charge is 2.18. The van der Waals surface area contributed by atoms with Gasteiger partial charge in [-0.2, -0.15) is 0 Å². The smallest absolute Gasteiger partial charge is 0.162 e. The number of pyridine rings is 1. The van der Waals surface area contributed by atoms with Crippen molar-refractivity contribution in [2.24, 2.45) is 0 Å². The lowest BCUT2D eigenvalue weighted by atomic mass is 9.98. The van der Waals surface area contributed by atoms with E-state index in [4.69, 9.17) is 9.72 Å². The van der Waals surface area contributed by atoms with Crippen molar-refractivity contribution in [1.29, 1.82) is 0 Å². The number of aldehydes is 1. The molecule has 2 heterocycles. The van der Waals surface area contributed by atoms with Crippen LogP contribution in [-0.2, 0) is 11.2 Å². The number of aromatic nitrogens is 1. The van der Waals surface area contributed by atoms with Crippen LogP contribution in [0.4, 0.5) is 5.69 Å². The Bertz CT molecular complexity index is 1010. The first kappa shape index (κ1) is 17.5. The number of carbonyl (C=O) groups is 1. The van der Waals surface area contributed by atoms with Crippen LogP contribution in [0.15, 0.2) is 48.5 Å². The van der Waals surface area contributed by atoms with E-state index in [2.05, 4.69) is 36.2 Å². The first-order chi connectivity index (χ1) is 12.9. The highest BCUT2D eigenvalue weighted by molar-refractivity contribution is 5.83. The zero-order valence-electron chi connectivity index (χ0n) is 16.0. The third-order valence-electron chi connectivity index (χ3n) is 5.05. The maximum Gasteiger partial charge on any atom is 0.162 e. The monoisotopic (exact) mass is 360 g/mol. The van der Waals surface area contributed by atoms with Gasteiger partial charge < -0.3 is 9.64 Å². The molecule has 2 aromatic carbocycles. The van der Waals surface area contributed by atoms with Gasteiger partial charge in [-0.15, -0.1) is 0 Å². The molecule has 0 radical (unpaired) electrons. The van der Waals surface area contributed by atoms with E-state index in [1.165, 1.54) is 17.7 Å². The van der Waals surface area contributed by atoms with Crippen LogP contribution in [-0.4, -0.2) is 30.5 Å². The Morgan fingerprint density at radius 3 is 2.78 bits per heavy atom. The van der Waals surface area contributed by atoms with Gasteiger partial charge in [-0.1, -0.05) is 12.1 Å². The molecule has 1 aromatic heterocycles. The van der Waals surface area contributed by atoms with Gasteiger partial charge in [-0.25, -0.2) is 4.98 Å². The maximum absolute atomic E-state index is 11.1. The van der Waals surface area contributed by atoms with E-state index < -0.39 is 5.60 Å². The molecule has 0 saturated heterocycles. The number of ether oxygens (including phenoxy) is 1. The third kappa shape index (κ3) is 3.52. The second kappa shape index (κ2) is 6.69. The molecule has 138 valence electrons. The van der Waals surface area contributed by atoms with E-state index in [1.54, 1.807) is 13.8 Å². The normalized spacial score (nSPS) is 14.1. The summed E-state index contributed by atoms with van der Waals surface area (Å²) in [7, 11) is 2.15. The summed E-state index contributed by atoms with van der Waals surface area (Å²) in [5.41, 5.74) is 4.91. The molecule has 3 aromatic rings. The van der Waals surface area contributed by atoms with Crippen LogP contribution in [0, 0.1) is 0 Å². The average molecular weight is 360 g/mol. The zero-order chi connectivity index (χ0) is 19.0. The number of anilines is 1. The molecule has 4 rings (SSSR count). The molecule has 1 aliphatic heterocycles. The predicted molar refractivity (Wildman–Crippen MR) is 110 cm³/mol. The summed E-state index contributed by atoms with van der Waals surface area (Å²) in [6.45, 7) is 4.62. The van der Waals surface area contributed by atoms with Crippen molar-refractivity contribution in [3.05, 3.63) is 54.1 Å². The van der Waals surface area contributed by atoms with Crippen molar-refractivity contribution < 1.29 is 9.53 Å². The lowest BCUT2D eigenvalue weighted by Gasteiger charge is -2.27. The summed E-state index contributed by atoms with van der Waals surface area (Å²) in [6, 6.07) is 16.5. The Kier molecular flexibility index (Phi) is 4.34. The molecule has 27 heavy (non-hydrogen) atoms. The molecule has 0 amide bonds. The molecule has 0 N–H and O–H groups in total. The van der Waals surface area contributed by atoms with Gasteiger partial charge in [-0.3, -0.25) is 4.79 Å². The molecule has 4 nitrogen and oxygen atoms in total. The second-order valence-electron chi connectivity index (χ2n) is 7.74. The van der Waals surface area contributed by atoms with Gasteiger partial charge in [0.25, 0.3) is 0 Å². The van der Waals surface area contributed by atoms with Crippen molar-refractivity contribution in [1.82, 2.24) is 4.98 Å². The van der Waals surface area contributed by atoms with Crippen LogP contribution < -0.4 is 9.64 Å². The first-order valence-electron chi connectivity index (χ1n) is 9.36.